The summed E-state index contributed by atoms with van der Waals surface area (Å²) in [4.78, 5) is 19.4. The molecule has 0 aliphatic carbocycles. The molecular formula is C19H28N4OS. The lowest BCUT2D eigenvalue weighted by atomic mass is 9.97. The van der Waals surface area contributed by atoms with Crippen molar-refractivity contribution in [3.05, 3.63) is 29.8 Å². The van der Waals surface area contributed by atoms with Crippen molar-refractivity contribution in [2.24, 2.45) is 4.99 Å². The van der Waals surface area contributed by atoms with E-state index in [1.165, 1.54) is 6.42 Å². The minimum Gasteiger partial charge on any atom is -0.357 e. The van der Waals surface area contributed by atoms with Crippen LogP contribution < -0.4 is 10.6 Å². The standard InChI is InChI=1S/C19H28N4OS/c1-3-14-13-23(11-12-25-14)19(20-4-2)21-10-9-16-15-7-5-6-8-17(15)22-18(16)24/h5-8,14,16H,3-4,9-13H2,1-2H3,(H,20,21)(H,22,24). The van der Waals surface area contributed by atoms with E-state index in [0.29, 0.717) is 11.8 Å². The zero-order valence-electron chi connectivity index (χ0n) is 15.1. The second-order valence-electron chi connectivity index (χ2n) is 6.50. The molecule has 2 atom stereocenters. The van der Waals surface area contributed by atoms with Crippen LogP contribution in [0.25, 0.3) is 0 Å². The summed E-state index contributed by atoms with van der Waals surface area (Å²) in [6.07, 6.45) is 1.94. The summed E-state index contributed by atoms with van der Waals surface area (Å²) >= 11 is 2.06. The highest BCUT2D eigenvalue weighted by atomic mass is 32.2. The number of aliphatic imine (C=N–C) groups is 1. The van der Waals surface area contributed by atoms with E-state index < -0.39 is 0 Å². The van der Waals surface area contributed by atoms with Crippen molar-refractivity contribution in [3.8, 4) is 0 Å². The summed E-state index contributed by atoms with van der Waals surface area (Å²) in [5.41, 5.74) is 2.06. The molecule has 2 unspecified atom stereocenters. The smallest absolute Gasteiger partial charge is 0.232 e. The maximum Gasteiger partial charge on any atom is 0.232 e. The number of nitrogens with one attached hydrogen (secondary N) is 2. The Labute approximate surface area is 154 Å². The predicted molar refractivity (Wildman–Crippen MR) is 107 cm³/mol. The molecule has 136 valence electrons. The first-order valence-electron chi connectivity index (χ1n) is 9.27. The van der Waals surface area contributed by atoms with Gasteiger partial charge in [0.2, 0.25) is 5.91 Å². The Bertz CT molecular complexity index is 634. The van der Waals surface area contributed by atoms with Gasteiger partial charge in [0.1, 0.15) is 0 Å². The number of guanidine groups is 1. The molecule has 6 heteroatoms. The molecule has 1 aromatic rings. The molecule has 0 spiro atoms. The molecule has 2 aliphatic rings. The Morgan fingerprint density at radius 3 is 3.04 bits per heavy atom. The van der Waals surface area contributed by atoms with Crippen LogP contribution in [0.3, 0.4) is 0 Å². The van der Waals surface area contributed by atoms with Crippen LogP contribution in [-0.2, 0) is 4.79 Å². The van der Waals surface area contributed by atoms with E-state index in [9.17, 15) is 4.79 Å². The van der Waals surface area contributed by atoms with Gasteiger partial charge in [0.05, 0.1) is 5.92 Å². The average molecular weight is 361 g/mol. The average Bonchev–Trinajstić information content (AvgIpc) is 2.96. The maximum absolute atomic E-state index is 12.2. The van der Waals surface area contributed by atoms with Gasteiger partial charge >= 0.3 is 0 Å². The minimum atomic E-state index is -0.0804. The number of benzene rings is 1. The van der Waals surface area contributed by atoms with E-state index in [1.807, 2.05) is 24.3 Å². The van der Waals surface area contributed by atoms with Crippen molar-refractivity contribution >= 4 is 29.3 Å². The summed E-state index contributed by atoms with van der Waals surface area (Å²) in [7, 11) is 0. The Hall–Kier alpha value is -1.69. The zero-order chi connectivity index (χ0) is 17.6. The first kappa shape index (κ1) is 18.1. The molecule has 0 saturated carbocycles. The highest BCUT2D eigenvalue weighted by Gasteiger charge is 2.29. The van der Waals surface area contributed by atoms with Gasteiger partial charge in [-0.1, -0.05) is 25.1 Å². The number of para-hydroxylation sites is 1. The minimum absolute atomic E-state index is 0.0804. The van der Waals surface area contributed by atoms with E-state index in [2.05, 4.69) is 41.1 Å². The second-order valence-corrected chi connectivity index (χ2v) is 7.91. The van der Waals surface area contributed by atoms with Crippen molar-refractivity contribution < 1.29 is 4.79 Å². The largest absolute Gasteiger partial charge is 0.357 e. The van der Waals surface area contributed by atoms with Gasteiger partial charge in [0.25, 0.3) is 0 Å². The lowest BCUT2D eigenvalue weighted by molar-refractivity contribution is -0.117. The molecule has 2 N–H and O–H groups in total. The van der Waals surface area contributed by atoms with Gasteiger partial charge in [-0.2, -0.15) is 11.8 Å². The number of hydrogen-bond acceptors (Lipinski definition) is 3. The second kappa shape index (κ2) is 8.61. The van der Waals surface area contributed by atoms with E-state index in [-0.39, 0.29) is 11.8 Å². The fourth-order valence-electron chi connectivity index (χ4n) is 3.45. The van der Waals surface area contributed by atoms with Crippen LogP contribution in [0.15, 0.2) is 29.3 Å². The Balaban J connectivity index is 1.63. The molecule has 0 bridgehead atoms. The van der Waals surface area contributed by atoms with Crippen molar-refractivity contribution in [2.75, 3.05) is 37.2 Å². The van der Waals surface area contributed by atoms with Crippen molar-refractivity contribution in [2.45, 2.75) is 37.9 Å². The van der Waals surface area contributed by atoms with Gasteiger partial charge in [-0.25, -0.2) is 0 Å². The topological polar surface area (TPSA) is 56.7 Å². The Morgan fingerprint density at radius 2 is 2.24 bits per heavy atom. The summed E-state index contributed by atoms with van der Waals surface area (Å²) < 4.78 is 0. The van der Waals surface area contributed by atoms with E-state index >= 15 is 0 Å². The van der Waals surface area contributed by atoms with Crippen LogP contribution in [0.1, 0.15) is 38.2 Å². The van der Waals surface area contributed by atoms with Crippen LogP contribution in [0.5, 0.6) is 0 Å². The zero-order valence-corrected chi connectivity index (χ0v) is 15.9. The van der Waals surface area contributed by atoms with E-state index in [1.54, 1.807) is 0 Å². The number of rotatable bonds is 5. The number of thioether (sulfide) groups is 1. The molecule has 3 rings (SSSR count). The molecule has 0 aromatic heterocycles. The lowest BCUT2D eigenvalue weighted by Gasteiger charge is -2.34. The number of amides is 1. The summed E-state index contributed by atoms with van der Waals surface area (Å²) in [5.74, 6) is 2.17. The van der Waals surface area contributed by atoms with Gasteiger partial charge in [-0.05, 0) is 31.4 Å². The van der Waals surface area contributed by atoms with Gasteiger partial charge in [-0.3, -0.25) is 9.79 Å². The number of nitrogens with zero attached hydrogens (tertiary/aromatic N) is 2. The third kappa shape index (κ3) is 4.29. The Kier molecular flexibility index (Phi) is 6.24. The number of carbonyl (C=O) groups is 1. The van der Waals surface area contributed by atoms with Crippen LogP contribution in [-0.4, -0.2) is 53.9 Å². The van der Waals surface area contributed by atoms with Crippen molar-refractivity contribution in [1.82, 2.24) is 10.2 Å². The molecule has 0 radical (unpaired) electrons. The number of fused-ring (bicyclic) bond motifs is 1. The quantitative estimate of drug-likeness (QED) is 0.626. The normalized spacial score (nSPS) is 23.4. The lowest BCUT2D eigenvalue weighted by Crippen LogP contribution is -2.48. The van der Waals surface area contributed by atoms with Crippen molar-refractivity contribution in [3.63, 3.8) is 0 Å². The summed E-state index contributed by atoms with van der Waals surface area (Å²) in [5, 5.41) is 7.08. The molecule has 1 fully saturated rings. The first-order valence-corrected chi connectivity index (χ1v) is 10.3. The number of hydrogen-bond donors (Lipinski definition) is 2. The van der Waals surface area contributed by atoms with E-state index in [0.717, 1.165) is 49.0 Å². The van der Waals surface area contributed by atoms with Crippen LogP contribution in [0.2, 0.25) is 0 Å². The molecular weight excluding hydrogens is 332 g/mol. The molecule has 1 aromatic carbocycles. The van der Waals surface area contributed by atoms with Gasteiger partial charge in [-0.15, -0.1) is 0 Å². The number of anilines is 1. The summed E-state index contributed by atoms with van der Waals surface area (Å²) in [6.45, 7) is 7.98. The molecule has 1 amide bonds. The summed E-state index contributed by atoms with van der Waals surface area (Å²) in [6, 6.07) is 7.97. The van der Waals surface area contributed by atoms with Gasteiger partial charge < -0.3 is 15.5 Å². The highest BCUT2D eigenvalue weighted by Crippen LogP contribution is 2.34. The fourth-order valence-corrected chi connectivity index (χ4v) is 4.63. The van der Waals surface area contributed by atoms with Crippen LogP contribution >= 0.6 is 11.8 Å². The highest BCUT2D eigenvalue weighted by molar-refractivity contribution is 8.00. The predicted octanol–water partition coefficient (Wildman–Crippen LogP) is 2.91. The third-order valence-corrected chi connectivity index (χ3v) is 6.19. The van der Waals surface area contributed by atoms with Crippen LogP contribution in [0.4, 0.5) is 5.69 Å². The van der Waals surface area contributed by atoms with Gasteiger partial charge in [0, 0.05) is 42.9 Å². The molecule has 2 aliphatic heterocycles. The van der Waals surface area contributed by atoms with Crippen molar-refractivity contribution in [1.29, 1.82) is 0 Å². The molecule has 2 heterocycles. The first-order chi connectivity index (χ1) is 12.2. The maximum atomic E-state index is 12.2. The molecule has 1 saturated heterocycles. The van der Waals surface area contributed by atoms with Gasteiger partial charge in [0.15, 0.2) is 5.96 Å². The monoisotopic (exact) mass is 360 g/mol. The fraction of sp³-hybridized carbons (Fsp3) is 0.579. The Morgan fingerprint density at radius 1 is 1.40 bits per heavy atom. The van der Waals surface area contributed by atoms with Crippen LogP contribution in [0, 0.1) is 0 Å². The third-order valence-electron chi connectivity index (χ3n) is 4.82. The SMILES string of the molecule is CCNC(=NCCC1C(=O)Nc2ccccc21)N1CCSC(CC)C1. The molecule has 25 heavy (non-hydrogen) atoms. The van der Waals surface area contributed by atoms with E-state index in [4.69, 9.17) is 4.99 Å². The molecule has 5 nitrogen and oxygen atoms in total. The number of carbonyl (C=O) groups excluding carboxylic acids is 1.